The Hall–Kier alpha value is -3.87. The quantitative estimate of drug-likeness (QED) is 0.106. The van der Waals surface area contributed by atoms with Crippen LogP contribution >= 0.6 is 11.3 Å². The molecule has 0 saturated carbocycles. The monoisotopic (exact) mass is 776 g/mol. The Labute approximate surface area is 300 Å². The first-order chi connectivity index (χ1) is 23.0. The molecule has 7 rings (SSSR count). The van der Waals surface area contributed by atoms with E-state index < -0.39 is 0 Å². The number of thiophene rings is 1. The molecule has 0 atom stereocenters. The second kappa shape index (κ2) is 15.6. The Morgan fingerprint density at radius 2 is 1.25 bits per heavy atom. The third kappa shape index (κ3) is 8.04. The molecule has 6 aromatic rings. The number of fused-ring (bicyclic) bond motifs is 3. The average molecular weight is 777 g/mol. The Kier molecular flexibility index (Phi) is 11.0. The Morgan fingerprint density at radius 3 is 1.83 bits per heavy atom. The van der Waals surface area contributed by atoms with E-state index in [9.17, 15) is 9.59 Å². The third-order valence-electron chi connectivity index (χ3n) is 9.49. The number of quaternary nitrogens is 1. The minimum Gasteiger partial charge on any atom is -1.00 e. The SMILES string of the molecule is O=c1ccc2ccc(OCCCC[N+]3(CCCCOc4ccc5ccc(=O)[nH]c5c4)CCN(c4cccc5sccc45)CC3)cc2[nH]1.[I-]. The van der Waals surface area contributed by atoms with E-state index in [4.69, 9.17) is 9.47 Å². The number of nitrogens with zero attached hydrogens (tertiary/aromatic N) is 2. The second-order valence-electron chi connectivity index (χ2n) is 12.6. The van der Waals surface area contributed by atoms with Crippen LogP contribution < -0.4 is 49.5 Å². The van der Waals surface area contributed by atoms with E-state index in [2.05, 4.69) is 44.5 Å². The maximum atomic E-state index is 11.7. The minimum absolute atomic E-state index is 0. The highest BCUT2D eigenvalue weighted by Crippen LogP contribution is 2.32. The van der Waals surface area contributed by atoms with E-state index >= 15 is 0 Å². The van der Waals surface area contributed by atoms with Crippen molar-refractivity contribution in [1.82, 2.24) is 9.97 Å². The van der Waals surface area contributed by atoms with Gasteiger partial charge in [-0.1, -0.05) is 6.07 Å². The maximum Gasteiger partial charge on any atom is 0.248 e. The molecule has 1 aliphatic heterocycles. The van der Waals surface area contributed by atoms with Gasteiger partial charge in [0.1, 0.15) is 11.5 Å². The maximum absolute atomic E-state index is 11.7. The first-order valence-electron chi connectivity index (χ1n) is 16.6. The number of piperazine rings is 1. The standard InChI is InChI=1S/C38H40N4O4S.HI/c43-37-14-10-28-8-12-30(26-33(28)39-37)45-23-3-1-19-42(21-17-41(18-22-42)35-6-5-7-36-32(35)16-25-47-36)20-2-4-24-46-31-13-9-29-11-15-38(44)40-34(29)27-31;/h5-16,25-27H,1-4,17-24H2,(H-,39,40,43,44);1H. The molecule has 0 aliphatic carbocycles. The fraction of sp³-hybridized carbons (Fsp3) is 0.316. The van der Waals surface area contributed by atoms with E-state index in [0.29, 0.717) is 13.2 Å². The molecule has 8 nitrogen and oxygen atoms in total. The minimum atomic E-state index is -0.103. The lowest BCUT2D eigenvalue weighted by Crippen LogP contribution is -3.00. The molecule has 4 heterocycles. The summed E-state index contributed by atoms with van der Waals surface area (Å²) in [4.78, 5) is 31.8. The molecule has 0 amide bonds. The van der Waals surface area contributed by atoms with Crippen molar-refractivity contribution in [2.45, 2.75) is 25.7 Å². The van der Waals surface area contributed by atoms with Crippen molar-refractivity contribution in [1.29, 1.82) is 0 Å². The van der Waals surface area contributed by atoms with Crippen LogP contribution in [0.4, 0.5) is 5.69 Å². The lowest BCUT2D eigenvalue weighted by Gasteiger charge is -2.46. The summed E-state index contributed by atoms with van der Waals surface area (Å²) in [6.45, 7) is 7.91. The van der Waals surface area contributed by atoms with Crippen molar-refractivity contribution in [2.24, 2.45) is 0 Å². The summed E-state index contributed by atoms with van der Waals surface area (Å²) >= 11 is 1.81. The molecule has 3 aromatic heterocycles. The summed E-state index contributed by atoms with van der Waals surface area (Å²) in [5, 5.41) is 5.55. The summed E-state index contributed by atoms with van der Waals surface area (Å²) in [6.07, 6.45) is 4.15. The summed E-state index contributed by atoms with van der Waals surface area (Å²) in [5.41, 5.74) is 2.75. The number of aromatic amines is 2. The first-order valence-corrected chi connectivity index (χ1v) is 17.5. The highest BCUT2D eigenvalue weighted by Gasteiger charge is 2.32. The normalized spacial score (nSPS) is 14.3. The highest BCUT2D eigenvalue weighted by molar-refractivity contribution is 7.17. The third-order valence-corrected chi connectivity index (χ3v) is 10.4. The number of benzene rings is 3. The molecule has 1 fully saturated rings. The molecule has 0 bridgehead atoms. The number of unbranched alkanes of at least 4 members (excludes halogenated alkanes) is 2. The smallest absolute Gasteiger partial charge is 0.248 e. The molecular formula is C38H41IN4O4S. The molecular weight excluding hydrogens is 735 g/mol. The Balaban J connectivity index is 0.00000401. The van der Waals surface area contributed by atoms with Gasteiger partial charge in [0, 0.05) is 40.0 Å². The van der Waals surface area contributed by atoms with Gasteiger partial charge in [-0.3, -0.25) is 9.59 Å². The van der Waals surface area contributed by atoms with E-state index in [0.717, 1.165) is 103 Å². The van der Waals surface area contributed by atoms with Gasteiger partial charge in [0.05, 0.1) is 63.5 Å². The van der Waals surface area contributed by atoms with Crippen LogP contribution in [0.3, 0.4) is 0 Å². The second-order valence-corrected chi connectivity index (χ2v) is 13.5. The van der Waals surface area contributed by atoms with E-state index in [-0.39, 0.29) is 35.1 Å². The molecule has 2 N–H and O–H groups in total. The van der Waals surface area contributed by atoms with Crippen molar-refractivity contribution < 1.29 is 37.9 Å². The topological polar surface area (TPSA) is 87.4 Å². The number of nitrogens with one attached hydrogen (secondary N) is 2. The number of aromatic nitrogens is 2. The van der Waals surface area contributed by atoms with Crippen LogP contribution in [0.2, 0.25) is 0 Å². The zero-order valence-electron chi connectivity index (χ0n) is 27.0. The van der Waals surface area contributed by atoms with Crippen molar-refractivity contribution in [3.05, 3.63) is 111 Å². The molecule has 0 spiro atoms. The van der Waals surface area contributed by atoms with Crippen LogP contribution in [-0.2, 0) is 0 Å². The van der Waals surface area contributed by atoms with Gasteiger partial charge in [0.15, 0.2) is 0 Å². The predicted molar refractivity (Wildman–Crippen MR) is 192 cm³/mol. The van der Waals surface area contributed by atoms with Crippen LogP contribution in [-0.4, -0.2) is 66.9 Å². The molecule has 250 valence electrons. The van der Waals surface area contributed by atoms with Crippen LogP contribution in [0.1, 0.15) is 25.7 Å². The van der Waals surface area contributed by atoms with Gasteiger partial charge in [0.25, 0.3) is 0 Å². The van der Waals surface area contributed by atoms with E-state index in [1.807, 2.05) is 59.9 Å². The van der Waals surface area contributed by atoms with Crippen LogP contribution in [0.5, 0.6) is 11.5 Å². The number of halogens is 1. The lowest BCUT2D eigenvalue weighted by molar-refractivity contribution is -0.929. The van der Waals surface area contributed by atoms with Gasteiger partial charge in [-0.2, -0.15) is 0 Å². The average Bonchev–Trinajstić information content (AvgIpc) is 3.58. The lowest BCUT2D eigenvalue weighted by atomic mass is 10.1. The molecule has 1 saturated heterocycles. The molecule has 0 radical (unpaired) electrons. The fourth-order valence-electron chi connectivity index (χ4n) is 6.86. The van der Waals surface area contributed by atoms with Crippen LogP contribution in [0.15, 0.2) is 99.9 Å². The summed E-state index contributed by atoms with van der Waals surface area (Å²) < 4.78 is 14.7. The number of pyridine rings is 2. The number of ether oxygens (including phenoxy) is 2. The zero-order chi connectivity index (χ0) is 32.1. The van der Waals surface area contributed by atoms with Crippen molar-refractivity contribution >= 4 is 48.9 Å². The zero-order valence-corrected chi connectivity index (χ0v) is 29.9. The van der Waals surface area contributed by atoms with Crippen LogP contribution in [0.25, 0.3) is 31.9 Å². The van der Waals surface area contributed by atoms with E-state index in [1.54, 1.807) is 12.1 Å². The molecule has 1 aliphatic rings. The molecule has 10 heteroatoms. The van der Waals surface area contributed by atoms with Gasteiger partial charge >= 0.3 is 0 Å². The van der Waals surface area contributed by atoms with Gasteiger partial charge in [-0.05, 0) is 96.4 Å². The summed E-state index contributed by atoms with van der Waals surface area (Å²) in [5.74, 6) is 1.58. The van der Waals surface area contributed by atoms with Crippen molar-refractivity contribution in [2.75, 3.05) is 57.4 Å². The number of rotatable bonds is 13. The Bertz CT molecular complexity index is 2000. The highest BCUT2D eigenvalue weighted by atomic mass is 127. The van der Waals surface area contributed by atoms with Gasteiger partial charge in [-0.15, -0.1) is 11.3 Å². The molecule has 3 aromatic carbocycles. The molecule has 0 unspecified atom stereocenters. The Morgan fingerprint density at radius 1 is 0.688 bits per heavy atom. The number of hydrogen-bond donors (Lipinski definition) is 2. The van der Waals surface area contributed by atoms with Gasteiger partial charge < -0.3 is 52.8 Å². The molecule has 48 heavy (non-hydrogen) atoms. The largest absolute Gasteiger partial charge is 1.00 e. The van der Waals surface area contributed by atoms with Gasteiger partial charge in [0.2, 0.25) is 11.1 Å². The van der Waals surface area contributed by atoms with E-state index in [1.165, 1.54) is 15.8 Å². The number of anilines is 1. The summed E-state index contributed by atoms with van der Waals surface area (Å²) in [6, 6.07) is 27.4. The fourth-order valence-corrected chi connectivity index (χ4v) is 7.67. The number of hydrogen-bond acceptors (Lipinski definition) is 6. The van der Waals surface area contributed by atoms with Crippen LogP contribution in [0, 0.1) is 0 Å². The number of H-pyrrole nitrogens is 2. The summed E-state index contributed by atoms with van der Waals surface area (Å²) in [7, 11) is 0. The van der Waals surface area contributed by atoms with Crippen molar-refractivity contribution in [3.63, 3.8) is 0 Å². The predicted octanol–water partition coefficient (Wildman–Crippen LogP) is 3.94. The van der Waals surface area contributed by atoms with Crippen molar-refractivity contribution in [3.8, 4) is 11.5 Å². The van der Waals surface area contributed by atoms with Gasteiger partial charge in [-0.25, -0.2) is 0 Å². The first kappa shape index (κ1) is 34.0.